The molecule has 0 aliphatic heterocycles. The minimum absolute atomic E-state index is 0.0464. The number of hydrogen-bond donors (Lipinski definition) is 1. The van der Waals surface area contributed by atoms with Gasteiger partial charge >= 0.3 is 0 Å². The Hall–Kier alpha value is -1.62. The average Bonchev–Trinajstić information content (AvgIpc) is 2.80. The monoisotopic (exact) mass is 349 g/mol. The highest BCUT2D eigenvalue weighted by Gasteiger charge is 2.34. The fourth-order valence-electron chi connectivity index (χ4n) is 2.30. The molecule has 2 rings (SSSR count). The van der Waals surface area contributed by atoms with Gasteiger partial charge in [-0.1, -0.05) is 19.1 Å². The first-order valence-electron chi connectivity index (χ1n) is 7.00. The van der Waals surface area contributed by atoms with Crippen molar-refractivity contribution in [1.29, 1.82) is 0 Å². The molecule has 1 aromatic carbocycles. The van der Waals surface area contributed by atoms with E-state index < -0.39 is 5.41 Å². The minimum atomic E-state index is -0.637. The van der Waals surface area contributed by atoms with Crippen LogP contribution in [-0.4, -0.2) is 15.6 Å². The number of carbonyl (C=O) groups excluding carboxylic acids is 1. The minimum Gasteiger partial charge on any atom is -0.399 e. The van der Waals surface area contributed by atoms with Crippen LogP contribution < -0.4 is 5.73 Å². The molecule has 0 aliphatic carbocycles. The van der Waals surface area contributed by atoms with Gasteiger partial charge < -0.3 is 5.73 Å². The van der Waals surface area contributed by atoms with Gasteiger partial charge in [0.2, 0.25) is 0 Å². The lowest BCUT2D eigenvalue weighted by Gasteiger charge is -2.24. The van der Waals surface area contributed by atoms with E-state index in [4.69, 9.17) is 5.73 Å². The molecule has 5 heteroatoms. The van der Waals surface area contributed by atoms with Gasteiger partial charge in [-0.05, 0) is 53.9 Å². The van der Waals surface area contributed by atoms with E-state index in [-0.39, 0.29) is 5.78 Å². The predicted octanol–water partition coefficient (Wildman–Crippen LogP) is 3.80. The van der Waals surface area contributed by atoms with E-state index in [0.717, 1.165) is 23.0 Å². The van der Waals surface area contributed by atoms with Gasteiger partial charge in [-0.25, -0.2) is 0 Å². The second-order valence-electron chi connectivity index (χ2n) is 5.64. The molecule has 0 amide bonds. The highest BCUT2D eigenvalue weighted by molar-refractivity contribution is 9.10. The summed E-state index contributed by atoms with van der Waals surface area (Å²) >= 11 is 3.44. The standard InChI is InChI=1S/C16H20BrN3O/c1-4-9-20-14(13(17)10-19-20)15(21)16(2,3)11-5-7-12(18)8-6-11/h5-8,10H,4,9,18H2,1-3H3. The summed E-state index contributed by atoms with van der Waals surface area (Å²) in [5.74, 6) is 0.0464. The molecule has 4 nitrogen and oxygen atoms in total. The van der Waals surface area contributed by atoms with E-state index in [1.54, 1.807) is 10.9 Å². The summed E-state index contributed by atoms with van der Waals surface area (Å²) in [6.45, 7) is 6.65. The van der Waals surface area contributed by atoms with Crippen LogP contribution in [0.15, 0.2) is 34.9 Å². The fourth-order valence-corrected chi connectivity index (χ4v) is 2.77. The maximum absolute atomic E-state index is 13.0. The SMILES string of the molecule is CCCn1ncc(Br)c1C(=O)C(C)(C)c1ccc(N)cc1. The number of anilines is 1. The molecule has 0 saturated carbocycles. The molecular weight excluding hydrogens is 330 g/mol. The van der Waals surface area contributed by atoms with Crippen molar-refractivity contribution in [3.8, 4) is 0 Å². The molecule has 0 atom stereocenters. The smallest absolute Gasteiger partial charge is 0.191 e. The molecule has 0 fully saturated rings. The fraction of sp³-hybridized carbons (Fsp3) is 0.375. The van der Waals surface area contributed by atoms with Crippen LogP contribution >= 0.6 is 15.9 Å². The van der Waals surface area contributed by atoms with E-state index in [1.807, 2.05) is 38.1 Å². The molecule has 2 aromatic rings. The molecule has 1 aromatic heterocycles. The van der Waals surface area contributed by atoms with Crippen LogP contribution in [0.1, 0.15) is 43.2 Å². The number of carbonyl (C=O) groups is 1. The Morgan fingerprint density at radius 1 is 1.33 bits per heavy atom. The topological polar surface area (TPSA) is 60.9 Å². The van der Waals surface area contributed by atoms with Crippen LogP contribution in [0.4, 0.5) is 5.69 Å². The second kappa shape index (κ2) is 6.02. The van der Waals surface area contributed by atoms with Crippen molar-refractivity contribution in [2.75, 3.05) is 5.73 Å². The van der Waals surface area contributed by atoms with E-state index in [0.29, 0.717) is 11.4 Å². The number of benzene rings is 1. The summed E-state index contributed by atoms with van der Waals surface area (Å²) in [5.41, 5.74) is 7.34. The highest BCUT2D eigenvalue weighted by Crippen LogP contribution is 2.31. The molecule has 21 heavy (non-hydrogen) atoms. The van der Waals surface area contributed by atoms with Crippen molar-refractivity contribution in [3.63, 3.8) is 0 Å². The van der Waals surface area contributed by atoms with Gasteiger partial charge in [0.15, 0.2) is 5.78 Å². The highest BCUT2D eigenvalue weighted by atomic mass is 79.9. The Morgan fingerprint density at radius 3 is 2.52 bits per heavy atom. The summed E-state index contributed by atoms with van der Waals surface area (Å²) in [7, 11) is 0. The number of aromatic nitrogens is 2. The van der Waals surface area contributed by atoms with Crippen molar-refractivity contribution in [2.45, 2.75) is 39.2 Å². The first-order valence-corrected chi connectivity index (χ1v) is 7.79. The van der Waals surface area contributed by atoms with Crippen LogP contribution in [0.25, 0.3) is 0 Å². The number of nitrogens with zero attached hydrogens (tertiary/aromatic N) is 2. The van der Waals surface area contributed by atoms with Crippen molar-refractivity contribution in [2.24, 2.45) is 0 Å². The third-order valence-corrected chi connectivity index (χ3v) is 4.23. The zero-order chi connectivity index (χ0) is 15.6. The van der Waals surface area contributed by atoms with Gasteiger partial charge in [0, 0.05) is 12.2 Å². The van der Waals surface area contributed by atoms with E-state index in [1.165, 1.54) is 0 Å². The third kappa shape index (κ3) is 3.02. The van der Waals surface area contributed by atoms with E-state index in [9.17, 15) is 4.79 Å². The zero-order valence-electron chi connectivity index (χ0n) is 12.6. The van der Waals surface area contributed by atoms with Gasteiger partial charge in [-0.15, -0.1) is 0 Å². The largest absolute Gasteiger partial charge is 0.399 e. The number of halogens is 1. The van der Waals surface area contributed by atoms with Crippen LogP contribution in [0.2, 0.25) is 0 Å². The quantitative estimate of drug-likeness (QED) is 0.659. The summed E-state index contributed by atoms with van der Waals surface area (Å²) in [4.78, 5) is 13.0. The van der Waals surface area contributed by atoms with Crippen molar-refractivity contribution in [1.82, 2.24) is 9.78 Å². The Morgan fingerprint density at radius 2 is 1.95 bits per heavy atom. The number of nitrogen functional groups attached to an aromatic ring is 1. The summed E-state index contributed by atoms with van der Waals surface area (Å²) in [6.07, 6.45) is 2.61. The van der Waals surface area contributed by atoms with Gasteiger partial charge in [0.1, 0.15) is 5.69 Å². The maximum Gasteiger partial charge on any atom is 0.191 e. The zero-order valence-corrected chi connectivity index (χ0v) is 14.1. The van der Waals surface area contributed by atoms with Gasteiger partial charge in [-0.2, -0.15) is 5.10 Å². The van der Waals surface area contributed by atoms with Crippen LogP contribution in [0.5, 0.6) is 0 Å². The molecule has 112 valence electrons. The van der Waals surface area contributed by atoms with Crippen molar-refractivity contribution in [3.05, 3.63) is 46.2 Å². The Kier molecular flexibility index (Phi) is 4.52. The van der Waals surface area contributed by atoms with Gasteiger partial charge in [0.25, 0.3) is 0 Å². The molecule has 0 saturated heterocycles. The van der Waals surface area contributed by atoms with Crippen LogP contribution in [-0.2, 0) is 12.0 Å². The Bertz CT molecular complexity index is 644. The van der Waals surface area contributed by atoms with Crippen LogP contribution in [0.3, 0.4) is 0 Å². The lowest BCUT2D eigenvalue weighted by Crippen LogP contribution is -2.31. The Labute approximate surface area is 133 Å². The molecule has 2 N–H and O–H groups in total. The number of Topliss-reactive ketones (excluding diaryl/α,β-unsaturated/α-hetero) is 1. The van der Waals surface area contributed by atoms with Gasteiger partial charge in [-0.3, -0.25) is 9.48 Å². The molecule has 1 heterocycles. The molecule has 0 radical (unpaired) electrons. The first kappa shape index (κ1) is 15.8. The van der Waals surface area contributed by atoms with Crippen molar-refractivity contribution >= 4 is 27.4 Å². The summed E-state index contributed by atoms with van der Waals surface area (Å²) < 4.78 is 2.51. The summed E-state index contributed by atoms with van der Waals surface area (Å²) in [5, 5.41) is 4.28. The van der Waals surface area contributed by atoms with Crippen LogP contribution in [0, 0.1) is 0 Å². The average molecular weight is 350 g/mol. The van der Waals surface area contributed by atoms with E-state index in [2.05, 4.69) is 28.0 Å². The number of rotatable bonds is 5. The molecule has 0 unspecified atom stereocenters. The summed E-state index contributed by atoms with van der Waals surface area (Å²) in [6, 6.07) is 7.45. The first-order chi connectivity index (χ1) is 9.87. The Balaban J connectivity index is 2.42. The lowest BCUT2D eigenvalue weighted by atomic mass is 9.79. The number of hydrogen-bond acceptors (Lipinski definition) is 3. The molecular formula is C16H20BrN3O. The van der Waals surface area contributed by atoms with Crippen molar-refractivity contribution < 1.29 is 4.79 Å². The molecule has 0 spiro atoms. The maximum atomic E-state index is 13.0. The van der Waals surface area contributed by atoms with Gasteiger partial charge in [0.05, 0.1) is 16.1 Å². The normalized spacial score (nSPS) is 11.6. The number of nitrogens with two attached hydrogens (primary N) is 1. The predicted molar refractivity (Wildman–Crippen MR) is 88.4 cm³/mol. The number of aryl methyl sites for hydroxylation is 1. The lowest BCUT2D eigenvalue weighted by molar-refractivity contribution is 0.0896. The van der Waals surface area contributed by atoms with E-state index >= 15 is 0 Å². The number of ketones is 1. The molecule has 0 aliphatic rings. The molecule has 0 bridgehead atoms. The second-order valence-corrected chi connectivity index (χ2v) is 6.49. The third-order valence-electron chi connectivity index (χ3n) is 3.65.